The maximum absolute atomic E-state index is 12.4. The molecule has 0 bridgehead atoms. The number of nitrogens with one attached hydrogen (secondary N) is 2. The summed E-state index contributed by atoms with van der Waals surface area (Å²) in [7, 11) is 3.66. The van der Waals surface area contributed by atoms with E-state index in [4.69, 9.17) is 0 Å². The fourth-order valence-electron chi connectivity index (χ4n) is 2.33. The van der Waals surface area contributed by atoms with Crippen LogP contribution >= 0.6 is 0 Å². The third-order valence-electron chi connectivity index (χ3n) is 3.52. The quantitative estimate of drug-likeness (QED) is 0.858. The van der Waals surface area contributed by atoms with Crippen molar-refractivity contribution in [2.75, 3.05) is 26.0 Å². The van der Waals surface area contributed by atoms with Crippen LogP contribution in [0, 0.1) is 0 Å². The summed E-state index contributed by atoms with van der Waals surface area (Å²) >= 11 is 0. The van der Waals surface area contributed by atoms with Gasteiger partial charge in [0.25, 0.3) is 5.91 Å². The largest absolute Gasteiger partial charge is 0.346 e. The number of hydrogen-bond donors (Lipinski definition) is 2. The lowest BCUT2D eigenvalue weighted by molar-refractivity contribution is -0.116. The van der Waals surface area contributed by atoms with Crippen molar-refractivity contribution in [1.29, 1.82) is 0 Å². The first-order valence-electron chi connectivity index (χ1n) is 7.86. The summed E-state index contributed by atoms with van der Waals surface area (Å²) in [5.74, 6) is -0.287. The fourth-order valence-corrected chi connectivity index (χ4v) is 2.33. The predicted octanol–water partition coefficient (Wildman–Crippen LogP) is 2.68. The van der Waals surface area contributed by atoms with E-state index in [0.29, 0.717) is 17.8 Å². The van der Waals surface area contributed by atoms with Crippen LogP contribution in [0.5, 0.6) is 0 Å². The molecule has 0 aliphatic rings. The molecule has 0 saturated heterocycles. The summed E-state index contributed by atoms with van der Waals surface area (Å²) in [4.78, 5) is 26.0. The average molecular weight is 325 g/mol. The Hall–Kier alpha value is -2.66. The van der Waals surface area contributed by atoms with E-state index >= 15 is 0 Å². The number of hydrogen-bond acceptors (Lipinski definition) is 3. The molecule has 1 unspecified atom stereocenters. The maximum Gasteiger partial charge on any atom is 0.251 e. The Morgan fingerprint density at radius 2 is 1.75 bits per heavy atom. The van der Waals surface area contributed by atoms with Gasteiger partial charge in [0.1, 0.15) is 0 Å². The maximum atomic E-state index is 12.4. The summed E-state index contributed by atoms with van der Waals surface area (Å²) < 4.78 is 0. The van der Waals surface area contributed by atoms with Crippen LogP contribution in [-0.2, 0) is 4.79 Å². The zero-order chi connectivity index (χ0) is 17.5. The molecule has 0 spiro atoms. The van der Waals surface area contributed by atoms with E-state index in [1.54, 1.807) is 29.2 Å². The molecular formula is C19H23N3O2. The van der Waals surface area contributed by atoms with E-state index in [0.717, 1.165) is 5.56 Å². The molecule has 126 valence electrons. The predicted molar refractivity (Wildman–Crippen MR) is 95.9 cm³/mol. The minimum Gasteiger partial charge on any atom is -0.346 e. The Kier molecular flexibility index (Phi) is 6.09. The molecule has 0 fully saturated rings. The first kappa shape index (κ1) is 17.7. The molecule has 5 heteroatoms. The van der Waals surface area contributed by atoms with Gasteiger partial charge in [-0.1, -0.05) is 36.4 Å². The van der Waals surface area contributed by atoms with Crippen LogP contribution in [0.3, 0.4) is 0 Å². The topological polar surface area (TPSA) is 61.4 Å². The highest BCUT2D eigenvalue weighted by atomic mass is 16.2. The number of benzene rings is 2. The van der Waals surface area contributed by atoms with Gasteiger partial charge >= 0.3 is 0 Å². The highest BCUT2D eigenvalue weighted by molar-refractivity contribution is 5.97. The van der Waals surface area contributed by atoms with Crippen molar-refractivity contribution in [2.45, 2.75) is 13.0 Å². The van der Waals surface area contributed by atoms with Gasteiger partial charge in [0, 0.05) is 11.3 Å². The van der Waals surface area contributed by atoms with Crippen LogP contribution < -0.4 is 10.6 Å². The Balaban J connectivity index is 2.02. The first-order chi connectivity index (χ1) is 11.5. The molecule has 2 N–H and O–H groups in total. The number of likely N-dealkylation sites (N-methyl/N-ethyl adjacent to an activating group) is 1. The summed E-state index contributed by atoms with van der Waals surface area (Å²) in [5.41, 5.74) is 2.17. The van der Waals surface area contributed by atoms with Crippen molar-refractivity contribution >= 4 is 17.5 Å². The van der Waals surface area contributed by atoms with Crippen LogP contribution in [0.2, 0.25) is 0 Å². The van der Waals surface area contributed by atoms with E-state index < -0.39 is 0 Å². The van der Waals surface area contributed by atoms with Gasteiger partial charge in [0.15, 0.2) is 0 Å². The second kappa shape index (κ2) is 8.26. The van der Waals surface area contributed by atoms with Crippen LogP contribution in [0.15, 0.2) is 54.6 Å². The molecule has 2 aromatic carbocycles. The van der Waals surface area contributed by atoms with Crippen LogP contribution in [-0.4, -0.2) is 37.4 Å². The van der Waals surface area contributed by atoms with Crippen molar-refractivity contribution in [2.24, 2.45) is 0 Å². The molecule has 1 atom stereocenters. The Bertz CT molecular complexity index is 699. The second-order valence-corrected chi connectivity index (χ2v) is 5.97. The molecule has 24 heavy (non-hydrogen) atoms. The number of nitrogens with zero attached hydrogens (tertiary/aromatic N) is 1. The van der Waals surface area contributed by atoms with Gasteiger partial charge in [-0.2, -0.15) is 0 Å². The van der Waals surface area contributed by atoms with Crippen molar-refractivity contribution < 1.29 is 9.59 Å². The lowest BCUT2D eigenvalue weighted by Gasteiger charge is -2.15. The number of amides is 2. The molecule has 2 rings (SSSR count). The smallest absolute Gasteiger partial charge is 0.251 e. The van der Waals surface area contributed by atoms with Gasteiger partial charge in [-0.15, -0.1) is 0 Å². The normalized spacial score (nSPS) is 11.8. The van der Waals surface area contributed by atoms with Crippen molar-refractivity contribution in [3.05, 3.63) is 65.7 Å². The zero-order valence-electron chi connectivity index (χ0n) is 14.2. The van der Waals surface area contributed by atoms with Gasteiger partial charge in [0.2, 0.25) is 5.91 Å². The lowest BCUT2D eigenvalue weighted by atomic mass is 10.1. The molecule has 0 heterocycles. The third kappa shape index (κ3) is 5.21. The standard InChI is InChI=1S/C19H23N3O2/c1-14(15-8-5-4-6-9-15)20-19(24)16-10-7-11-17(12-16)21-18(23)13-22(2)3/h4-12,14H,13H2,1-3H3,(H,20,24)(H,21,23). The van der Waals surface area contributed by atoms with Gasteiger partial charge < -0.3 is 15.5 Å². The number of carbonyl (C=O) groups is 2. The molecule has 2 aromatic rings. The summed E-state index contributed by atoms with van der Waals surface area (Å²) in [6.45, 7) is 2.23. The molecule has 0 aliphatic heterocycles. The second-order valence-electron chi connectivity index (χ2n) is 5.97. The van der Waals surface area contributed by atoms with Crippen LogP contribution in [0.1, 0.15) is 28.9 Å². The van der Waals surface area contributed by atoms with E-state index in [2.05, 4.69) is 10.6 Å². The van der Waals surface area contributed by atoms with Gasteiger partial charge in [-0.05, 0) is 44.8 Å². The minimum atomic E-state index is -0.171. The summed E-state index contributed by atoms with van der Waals surface area (Å²) in [6.07, 6.45) is 0. The molecule has 0 radical (unpaired) electrons. The van der Waals surface area contributed by atoms with E-state index in [1.165, 1.54) is 0 Å². The van der Waals surface area contributed by atoms with E-state index in [-0.39, 0.29) is 17.9 Å². The van der Waals surface area contributed by atoms with E-state index in [1.807, 2.05) is 51.4 Å². The molecular weight excluding hydrogens is 302 g/mol. The fraction of sp³-hybridized carbons (Fsp3) is 0.263. The Morgan fingerprint density at radius 3 is 2.42 bits per heavy atom. The van der Waals surface area contributed by atoms with Crippen molar-refractivity contribution in [1.82, 2.24) is 10.2 Å². The van der Waals surface area contributed by atoms with E-state index in [9.17, 15) is 9.59 Å². The van der Waals surface area contributed by atoms with Crippen molar-refractivity contribution in [3.63, 3.8) is 0 Å². The SMILES string of the molecule is CC(NC(=O)c1cccc(NC(=O)CN(C)C)c1)c1ccccc1. The first-order valence-corrected chi connectivity index (χ1v) is 7.86. The number of anilines is 1. The molecule has 5 nitrogen and oxygen atoms in total. The monoisotopic (exact) mass is 325 g/mol. The third-order valence-corrected chi connectivity index (χ3v) is 3.52. The molecule has 0 saturated carbocycles. The van der Waals surface area contributed by atoms with Crippen molar-refractivity contribution in [3.8, 4) is 0 Å². The highest BCUT2D eigenvalue weighted by Crippen LogP contribution is 2.14. The van der Waals surface area contributed by atoms with Crippen LogP contribution in [0.25, 0.3) is 0 Å². The molecule has 0 aromatic heterocycles. The molecule has 2 amide bonds. The summed E-state index contributed by atoms with van der Waals surface area (Å²) in [5, 5.41) is 5.76. The van der Waals surface area contributed by atoms with Gasteiger partial charge in [0.05, 0.1) is 12.6 Å². The number of rotatable bonds is 6. The highest BCUT2D eigenvalue weighted by Gasteiger charge is 2.12. The number of carbonyl (C=O) groups excluding carboxylic acids is 2. The Morgan fingerprint density at radius 1 is 1.04 bits per heavy atom. The van der Waals surface area contributed by atoms with Gasteiger partial charge in [-0.3, -0.25) is 9.59 Å². The average Bonchev–Trinajstić information content (AvgIpc) is 2.55. The summed E-state index contributed by atoms with van der Waals surface area (Å²) in [6, 6.07) is 16.6. The van der Waals surface area contributed by atoms with Crippen LogP contribution in [0.4, 0.5) is 5.69 Å². The molecule has 0 aliphatic carbocycles. The van der Waals surface area contributed by atoms with Gasteiger partial charge in [-0.25, -0.2) is 0 Å². The lowest BCUT2D eigenvalue weighted by Crippen LogP contribution is -2.28. The minimum absolute atomic E-state index is 0.0920. The zero-order valence-corrected chi connectivity index (χ0v) is 14.2. The Labute approximate surface area is 142 Å².